The van der Waals surface area contributed by atoms with Crippen LogP contribution in [-0.2, 0) is 0 Å². The van der Waals surface area contributed by atoms with Gasteiger partial charge in [-0.25, -0.2) is 0 Å². The van der Waals surface area contributed by atoms with E-state index in [-0.39, 0.29) is 11.9 Å². The number of aryl methyl sites for hydroxylation is 1. The molecule has 1 aliphatic heterocycles. The summed E-state index contributed by atoms with van der Waals surface area (Å²) in [7, 11) is 3.58. The van der Waals surface area contributed by atoms with Gasteiger partial charge in [0.15, 0.2) is 0 Å². The number of amides is 1. The molecule has 0 radical (unpaired) electrons. The molecule has 0 unspecified atom stereocenters. The van der Waals surface area contributed by atoms with Gasteiger partial charge in [0.1, 0.15) is 5.75 Å². The number of anilines is 1. The van der Waals surface area contributed by atoms with Crippen LogP contribution in [0.25, 0.3) is 0 Å². The van der Waals surface area contributed by atoms with E-state index < -0.39 is 0 Å². The van der Waals surface area contributed by atoms with Crippen molar-refractivity contribution in [3.63, 3.8) is 0 Å². The summed E-state index contributed by atoms with van der Waals surface area (Å²) in [5.41, 5.74) is 2.79. The summed E-state index contributed by atoms with van der Waals surface area (Å²) in [5, 5.41) is 0. The number of carbonyl (C=O) groups is 1. The number of piperidine rings is 1. The summed E-state index contributed by atoms with van der Waals surface area (Å²) in [6.07, 6.45) is 3.60. The van der Waals surface area contributed by atoms with Crippen LogP contribution in [0.15, 0.2) is 42.6 Å². The van der Waals surface area contributed by atoms with Crippen LogP contribution in [0.4, 0.5) is 5.69 Å². The normalized spacial score (nSPS) is 15.1. The molecule has 25 heavy (non-hydrogen) atoms. The zero-order valence-corrected chi connectivity index (χ0v) is 15.1. The highest BCUT2D eigenvalue weighted by molar-refractivity contribution is 5.94. The van der Waals surface area contributed by atoms with Crippen LogP contribution in [-0.4, -0.2) is 49.1 Å². The van der Waals surface area contributed by atoms with Crippen LogP contribution in [0.2, 0.25) is 0 Å². The summed E-state index contributed by atoms with van der Waals surface area (Å²) < 4.78 is 5.21. The van der Waals surface area contributed by atoms with Crippen LogP contribution in [0.5, 0.6) is 5.75 Å². The molecule has 1 fully saturated rings. The van der Waals surface area contributed by atoms with E-state index in [1.807, 2.05) is 43.1 Å². The van der Waals surface area contributed by atoms with E-state index in [0.717, 1.165) is 37.4 Å². The maximum Gasteiger partial charge on any atom is 0.255 e. The maximum atomic E-state index is 12.6. The molecule has 132 valence electrons. The molecule has 1 aromatic heterocycles. The molecule has 1 amide bonds. The Balaban J connectivity index is 1.59. The van der Waals surface area contributed by atoms with Gasteiger partial charge in [0.05, 0.1) is 12.7 Å². The number of methoxy groups -OCH3 is 1. The Hall–Kier alpha value is -2.56. The second-order valence-corrected chi connectivity index (χ2v) is 6.52. The average molecular weight is 339 g/mol. The van der Waals surface area contributed by atoms with Crippen molar-refractivity contribution in [3.05, 3.63) is 53.9 Å². The van der Waals surface area contributed by atoms with Crippen LogP contribution in [0, 0.1) is 6.92 Å². The fourth-order valence-corrected chi connectivity index (χ4v) is 3.27. The predicted octanol–water partition coefficient (Wildman–Crippen LogP) is 3.14. The minimum atomic E-state index is 0.0513. The molecule has 0 atom stereocenters. The molecular formula is C20H25N3O2. The molecule has 1 saturated heterocycles. The lowest BCUT2D eigenvalue weighted by atomic mass is 10.0. The first-order valence-corrected chi connectivity index (χ1v) is 8.67. The number of nitrogens with zero attached hydrogens (tertiary/aromatic N) is 3. The van der Waals surface area contributed by atoms with Crippen molar-refractivity contribution >= 4 is 11.6 Å². The lowest BCUT2D eigenvalue weighted by Crippen LogP contribution is -2.45. The zero-order valence-electron chi connectivity index (χ0n) is 15.1. The molecular weight excluding hydrogens is 314 g/mol. The number of hydrogen-bond donors (Lipinski definition) is 0. The van der Waals surface area contributed by atoms with Crippen molar-refractivity contribution < 1.29 is 9.53 Å². The zero-order chi connectivity index (χ0) is 17.8. The Morgan fingerprint density at radius 1 is 1.16 bits per heavy atom. The number of hydrogen-bond acceptors (Lipinski definition) is 4. The van der Waals surface area contributed by atoms with E-state index in [1.54, 1.807) is 13.3 Å². The van der Waals surface area contributed by atoms with E-state index in [2.05, 4.69) is 22.0 Å². The molecule has 0 N–H and O–H groups in total. The van der Waals surface area contributed by atoms with Gasteiger partial charge in [-0.2, -0.15) is 0 Å². The number of rotatable bonds is 4. The van der Waals surface area contributed by atoms with Gasteiger partial charge >= 0.3 is 0 Å². The summed E-state index contributed by atoms with van der Waals surface area (Å²) in [6.45, 7) is 3.81. The van der Waals surface area contributed by atoms with Gasteiger partial charge in [-0.15, -0.1) is 0 Å². The van der Waals surface area contributed by atoms with Gasteiger partial charge in [-0.1, -0.05) is 0 Å². The number of ether oxygens (including phenoxy) is 1. The van der Waals surface area contributed by atoms with Gasteiger partial charge in [-0.3, -0.25) is 9.78 Å². The van der Waals surface area contributed by atoms with Gasteiger partial charge in [0.2, 0.25) is 0 Å². The molecule has 0 bridgehead atoms. The highest BCUT2D eigenvalue weighted by Crippen LogP contribution is 2.24. The lowest BCUT2D eigenvalue weighted by Gasteiger charge is -2.38. The fourth-order valence-electron chi connectivity index (χ4n) is 3.27. The summed E-state index contributed by atoms with van der Waals surface area (Å²) in [4.78, 5) is 21.1. The van der Waals surface area contributed by atoms with Gasteiger partial charge in [0, 0.05) is 43.8 Å². The standard InChI is InChI=1S/C20H25N3O2/c1-15-4-5-16(14-21-15)20(24)22(2)17-10-12-23(13-11-17)18-6-8-19(25-3)9-7-18/h4-9,14,17H,10-13H2,1-3H3. The van der Waals surface area contributed by atoms with Crippen molar-refractivity contribution in [2.45, 2.75) is 25.8 Å². The molecule has 2 aromatic rings. The largest absolute Gasteiger partial charge is 0.497 e. The molecule has 1 aromatic carbocycles. The molecule has 0 aliphatic carbocycles. The van der Waals surface area contributed by atoms with E-state index in [9.17, 15) is 4.79 Å². The van der Waals surface area contributed by atoms with Crippen molar-refractivity contribution in [2.75, 3.05) is 32.1 Å². The van der Waals surface area contributed by atoms with Gasteiger partial charge in [-0.05, 0) is 56.2 Å². The first kappa shape index (κ1) is 17.3. The minimum absolute atomic E-state index is 0.0513. The second-order valence-electron chi connectivity index (χ2n) is 6.52. The van der Waals surface area contributed by atoms with Gasteiger partial charge in [0.25, 0.3) is 5.91 Å². The van der Waals surface area contributed by atoms with Crippen molar-refractivity contribution in [1.82, 2.24) is 9.88 Å². The Bertz CT molecular complexity index is 705. The third-order valence-electron chi connectivity index (χ3n) is 4.93. The minimum Gasteiger partial charge on any atom is -0.497 e. The Kier molecular flexibility index (Phi) is 5.22. The maximum absolute atomic E-state index is 12.6. The van der Waals surface area contributed by atoms with E-state index in [0.29, 0.717) is 5.56 Å². The Morgan fingerprint density at radius 3 is 2.40 bits per heavy atom. The van der Waals surface area contributed by atoms with E-state index in [1.165, 1.54) is 5.69 Å². The number of pyridine rings is 1. The quantitative estimate of drug-likeness (QED) is 0.858. The molecule has 3 rings (SSSR count). The first-order chi connectivity index (χ1) is 12.1. The number of aromatic nitrogens is 1. The Labute approximate surface area is 149 Å². The van der Waals surface area contributed by atoms with Crippen LogP contribution < -0.4 is 9.64 Å². The average Bonchev–Trinajstić information content (AvgIpc) is 2.67. The van der Waals surface area contributed by atoms with E-state index >= 15 is 0 Å². The van der Waals surface area contributed by atoms with Crippen molar-refractivity contribution in [1.29, 1.82) is 0 Å². The van der Waals surface area contributed by atoms with Crippen LogP contribution >= 0.6 is 0 Å². The highest BCUT2D eigenvalue weighted by Gasteiger charge is 2.26. The molecule has 5 nitrogen and oxygen atoms in total. The van der Waals surface area contributed by atoms with Crippen molar-refractivity contribution in [3.8, 4) is 5.75 Å². The molecule has 0 spiro atoms. The predicted molar refractivity (Wildman–Crippen MR) is 99.3 cm³/mol. The SMILES string of the molecule is COc1ccc(N2CCC(N(C)C(=O)c3ccc(C)nc3)CC2)cc1. The highest BCUT2D eigenvalue weighted by atomic mass is 16.5. The number of benzene rings is 1. The third kappa shape index (κ3) is 3.92. The molecule has 5 heteroatoms. The summed E-state index contributed by atoms with van der Waals surface area (Å²) >= 11 is 0. The summed E-state index contributed by atoms with van der Waals surface area (Å²) in [5.74, 6) is 0.922. The van der Waals surface area contributed by atoms with Gasteiger partial charge < -0.3 is 14.5 Å². The molecule has 0 saturated carbocycles. The topological polar surface area (TPSA) is 45.7 Å². The van der Waals surface area contributed by atoms with E-state index in [4.69, 9.17) is 4.74 Å². The van der Waals surface area contributed by atoms with Crippen molar-refractivity contribution in [2.24, 2.45) is 0 Å². The molecule has 1 aliphatic rings. The monoisotopic (exact) mass is 339 g/mol. The Morgan fingerprint density at radius 2 is 1.84 bits per heavy atom. The molecule has 2 heterocycles. The fraction of sp³-hybridized carbons (Fsp3) is 0.400. The smallest absolute Gasteiger partial charge is 0.255 e. The van der Waals surface area contributed by atoms with Crippen LogP contribution in [0.3, 0.4) is 0 Å². The third-order valence-corrected chi connectivity index (χ3v) is 4.93. The lowest BCUT2D eigenvalue weighted by molar-refractivity contribution is 0.0709. The van der Waals surface area contributed by atoms with Crippen LogP contribution in [0.1, 0.15) is 28.9 Å². The summed E-state index contributed by atoms with van der Waals surface area (Å²) in [6, 6.07) is 12.2. The number of carbonyl (C=O) groups excluding carboxylic acids is 1. The second kappa shape index (κ2) is 7.55. The first-order valence-electron chi connectivity index (χ1n) is 8.67.